The van der Waals surface area contributed by atoms with Gasteiger partial charge in [0, 0.05) is 11.9 Å². The fourth-order valence-electron chi connectivity index (χ4n) is 1.61. The van der Waals surface area contributed by atoms with Crippen molar-refractivity contribution in [3.63, 3.8) is 0 Å². The number of aromatic hydroxyl groups is 1. The molecule has 5 nitrogen and oxygen atoms in total. The summed E-state index contributed by atoms with van der Waals surface area (Å²) in [6, 6.07) is 6.30. The van der Waals surface area contributed by atoms with Crippen LogP contribution < -0.4 is 10.1 Å². The van der Waals surface area contributed by atoms with Gasteiger partial charge in [-0.05, 0) is 31.2 Å². The van der Waals surface area contributed by atoms with Gasteiger partial charge in [0.1, 0.15) is 11.5 Å². The van der Waals surface area contributed by atoms with Crippen LogP contribution in [0.1, 0.15) is 17.3 Å². The predicted octanol–water partition coefficient (Wildman–Crippen LogP) is 3.09. The summed E-state index contributed by atoms with van der Waals surface area (Å²) >= 11 is 6.03. The molecule has 1 heterocycles. The number of rotatable bonds is 4. The number of aromatic nitrogens is 1. The number of halogens is 1. The van der Waals surface area contributed by atoms with Crippen molar-refractivity contribution in [3.8, 4) is 11.5 Å². The second-order valence-corrected chi connectivity index (χ2v) is 4.37. The molecule has 104 valence electrons. The van der Waals surface area contributed by atoms with Crippen LogP contribution in [0.3, 0.4) is 0 Å². The Labute approximate surface area is 121 Å². The fourth-order valence-corrected chi connectivity index (χ4v) is 1.84. The summed E-state index contributed by atoms with van der Waals surface area (Å²) in [6.07, 6.45) is 2.62. The van der Waals surface area contributed by atoms with Gasteiger partial charge in [-0.25, -0.2) is 0 Å². The fraction of sp³-hybridized carbons (Fsp3) is 0.143. The second kappa shape index (κ2) is 6.25. The number of nitrogens with zero attached hydrogens (tertiary/aromatic N) is 1. The number of ether oxygens (including phenoxy) is 1. The predicted molar refractivity (Wildman–Crippen MR) is 76.5 cm³/mol. The second-order valence-electron chi connectivity index (χ2n) is 3.96. The van der Waals surface area contributed by atoms with Crippen LogP contribution in [0.2, 0.25) is 5.02 Å². The smallest absolute Gasteiger partial charge is 0.257 e. The lowest BCUT2D eigenvalue weighted by molar-refractivity contribution is 0.102. The molecule has 0 saturated heterocycles. The van der Waals surface area contributed by atoms with E-state index in [1.807, 2.05) is 6.92 Å². The van der Waals surface area contributed by atoms with E-state index in [9.17, 15) is 9.90 Å². The zero-order valence-corrected chi connectivity index (χ0v) is 11.5. The van der Waals surface area contributed by atoms with Crippen LogP contribution in [-0.4, -0.2) is 22.6 Å². The largest absolute Gasteiger partial charge is 0.506 e. The van der Waals surface area contributed by atoms with Gasteiger partial charge in [0.2, 0.25) is 0 Å². The first-order valence-electron chi connectivity index (χ1n) is 5.98. The van der Waals surface area contributed by atoms with E-state index >= 15 is 0 Å². The molecule has 0 saturated carbocycles. The molecular formula is C14H13ClN2O3. The molecule has 0 aliphatic heterocycles. The third-order valence-corrected chi connectivity index (χ3v) is 2.77. The van der Waals surface area contributed by atoms with Gasteiger partial charge >= 0.3 is 0 Å². The van der Waals surface area contributed by atoms with E-state index in [1.54, 1.807) is 18.2 Å². The first kappa shape index (κ1) is 14.1. The third kappa shape index (κ3) is 3.39. The number of carbonyl (C=O) groups excluding carboxylic acids is 1. The van der Waals surface area contributed by atoms with E-state index < -0.39 is 0 Å². The molecule has 0 atom stereocenters. The first-order valence-corrected chi connectivity index (χ1v) is 6.35. The summed E-state index contributed by atoms with van der Waals surface area (Å²) in [5.41, 5.74) is 0.793. The highest BCUT2D eigenvalue weighted by Gasteiger charge is 2.09. The van der Waals surface area contributed by atoms with Crippen molar-refractivity contribution in [2.45, 2.75) is 6.92 Å². The molecule has 0 aliphatic rings. The lowest BCUT2D eigenvalue weighted by Gasteiger charge is -2.09. The van der Waals surface area contributed by atoms with Crippen molar-refractivity contribution >= 4 is 23.2 Å². The topological polar surface area (TPSA) is 71.5 Å². The van der Waals surface area contributed by atoms with E-state index in [0.29, 0.717) is 23.1 Å². The summed E-state index contributed by atoms with van der Waals surface area (Å²) in [5.74, 6) is 0.113. The Kier molecular flexibility index (Phi) is 4.42. The minimum atomic E-state index is -0.381. The Morgan fingerprint density at radius 2 is 2.20 bits per heavy atom. The Hall–Kier alpha value is -2.27. The molecule has 2 aromatic rings. The minimum absolute atomic E-state index is 0.0672. The molecule has 20 heavy (non-hydrogen) atoms. The van der Waals surface area contributed by atoms with Gasteiger partial charge in [-0.1, -0.05) is 11.6 Å². The first-order chi connectivity index (χ1) is 9.60. The maximum atomic E-state index is 12.0. The van der Waals surface area contributed by atoms with Crippen molar-refractivity contribution < 1.29 is 14.6 Å². The quantitative estimate of drug-likeness (QED) is 0.908. The van der Waals surface area contributed by atoms with Crippen molar-refractivity contribution in [2.24, 2.45) is 0 Å². The molecule has 0 spiro atoms. The Morgan fingerprint density at radius 1 is 1.40 bits per heavy atom. The Balaban J connectivity index is 2.14. The van der Waals surface area contributed by atoms with Gasteiger partial charge in [0.05, 0.1) is 23.4 Å². The SMILES string of the molecule is CCOc1ccc(NC(=O)c2cncc(O)c2)cc1Cl. The number of anilines is 1. The summed E-state index contributed by atoms with van der Waals surface area (Å²) in [7, 11) is 0. The van der Waals surface area contributed by atoms with Crippen molar-refractivity contribution in [3.05, 3.63) is 47.2 Å². The molecule has 2 N–H and O–H groups in total. The van der Waals surface area contributed by atoms with E-state index in [1.165, 1.54) is 18.5 Å². The third-order valence-electron chi connectivity index (χ3n) is 2.48. The van der Waals surface area contributed by atoms with E-state index in [2.05, 4.69) is 10.3 Å². The van der Waals surface area contributed by atoms with E-state index in [4.69, 9.17) is 16.3 Å². The van der Waals surface area contributed by atoms with Crippen LogP contribution in [0.5, 0.6) is 11.5 Å². The molecule has 0 radical (unpaired) electrons. The Bertz CT molecular complexity index is 632. The van der Waals surface area contributed by atoms with Gasteiger partial charge < -0.3 is 15.2 Å². The van der Waals surface area contributed by atoms with Gasteiger partial charge in [-0.2, -0.15) is 0 Å². The van der Waals surface area contributed by atoms with Crippen molar-refractivity contribution in [2.75, 3.05) is 11.9 Å². The van der Waals surface area contributed by atoms with E-state index in [-0.39, 0.29) is 17.2 Å². The normalized spacial score (nSPS) is 10.1. The summed E-state index contributed by atoms with van der Waals surface area (Å²) in [6.45, 7) is 2.38. The van der Waals surface area contributed by atoms with Gasteiger partial charge in [-0.15, -0.1) is 0 Å². The van der Waals surface area contributed by atoms with Gasteiger partial charge in [-0.3, -0.25) is 9.78 Å². The highest BCUT2D eigenvalue weighted by Crippen LogP contribution is 2.27. The molecule has 0 bridgehead atoms. The molecular weight excluding hydrogens is 280 g/mol. The van der Waals surface area contributed by atoms with Crippen molar-refractivity contribution in [1.29, 1.82) is 0 Å². The maximum absolute atomic E-state index is 12.0. The number of benzene rings is 1. The molecule has 1 aromatic carbocycles. The number of carbonyl (C=O) groups is 1. The zero-order chi connectivity index (χ0) is 14.5. The van der Waals surface area contributed by atoms with Crippen LogP contribution in [0, 0.1) is 0 Å². The molecule has 6 heteroatoms. The number of hydrogen-bond acceptors (Lipinski definition) is 4. The monoisotopic (exact) mass is 292 g/mol. The maximum Gasteiger partial charge on any atom is 0.257 e. The molecule has 1 aromatic heterocycles. The van der Waals surface area contributed by atoms with Crippen molar-refractivity contribution in [1.82, 2.24) is 4.98 Å². The summed E-state index contributed by atoms with van der Waals surface area (Å²) in [4.78, 5) is 15.7. The lowest BCUT2D eigenvalue weighted by atomic mass is 10.2. The highest BCUT2D eigenvalue weighted by molar-refractivity contribution is 6.32. The average Bonchev–Trinajstić information content (AvgIpc) is 2.42. The van der Waals surface area contributed by atoms with Crippen LogP contribution in [0.25, 0.3) is 0 Å². The van der Waals surface area contributed by atoms with Crippen LogP contribution in [-0.2, 0) is 0 Å². The molecule has 0 fully saturated rings. The molecule has 0 unspecified atom stereocenters. The van der Waals surface area contributed by atoms with Gasteiger partial charge in [0.25, 0.3) is 5.91 Å². The summed E-state index contributed by atoms with van der Waals surface area (Å²) < 4.78 is 5.31. The minimum Gasteiger partial charge on any atom is -0.506 e. The van der Waals surface area contributed by atoms with Crippen LogP contribution in [0.15, 0.2) is 36.7 Å². The van der Waals surface area contributed by atoms with E-state index in [0.717, 1.165) is 0 Å². The Morgan fingerprint density at radius 3 is 2.85 bits per heavy atom. The lowest BCUT2D eigenvalue weighted by Crippen LogP contribution is -2.12. The van der Waals surface area contributed by atoms with Gasteiger partial charge in [0.15, 0.2) is 0 Å². The number of hydrogen-bond donors (Lipinski definition) is 2. The summed E-state index contributed by atoms with van der Waals surface area (Å²) in [5, 5.41) is 12.4. The number of amides is 1. The standard InChI is InChI=1S/C14H13ClN2O3/c1-2-20-13-4-3-10(6-12(13)15)17-14(19)9-5-11(18)8-16-7-9/h3-8,18H,2H2,1H3,(H,17,19). The van der Waals surface area contributed by atoms with Crippen LogP contribution in [0.4, 0.5) is 5.69 Å². The zero-order valence-electron chi connectivity index (χ0n) is 10.8. The number of nitrogens with one attached hydrogen (secondary N) is 1. The average molecular weight is 293 g/mol. The molecule has 0 aliphatic carbocycles. The molecule has 1 amide bonds. The van der Waals surface area contributed by atoms with Crippen LogP contribution >= 0.6 is 11.6 Å². The highest BCUT2D eigenvalue weighted by atomic mass is 35.5. The number of pyridine rings is 1. The molecule has 2 rings (SSSR count).